The van der Waals surface area contributed by atoms with Crippen LogP contribution in [0.2, 0.25) is 0 Å². The lowest BCUT2D eigenvalue weighted by molar-refractivity contribution is -0.138. The Bertz CT molecular complexity index is 444. The van der Waals surface area contributed by atoms with Crippen LogP contribution in [0, 0.1) is 5.92 Å². The zero-order chi connectivity index (χ0) is 13.7. The van der Waals surface area contributed by atoms with Gasteiger partial charge in [-0.05, 0) is 30.9 Å². The zero-order valence-electron chi connectivity index (χ0n) is 10.8. The van der Waals surface area contributed by atoms with Gasteiger partial charge in [0, 0.05) is 11.6 Å². The largest absolute Gasteiger partial charge is 0.481 e. The Morgan fingerprint density at radius 3 is 2.53 bits per heavy atom. The fraction of sp³-hybridized carbons (Fsp3) is 0.467. The first-order chi connectivity index (χ1) is 9.16. The van der Waals surface area contributed by atoms with E-state index in [2.05, 4.69) is 5.32 Å². The van der Waals surface area contributed by atoms with Crippen molar-refractivity contribution in [3.63, 3.8) is 0 Å². The van der Waals surface area contributed by atoms with Gasteiger partial charge in [-0.25, -0.2) is 0 Å². The van der Waals surface area contributed by atoms with Gasteiger partial charge in [-0.15, -0.1) is 0 Å². The topological polar surface area (TPSA) is 66.4 Å². The van der Waals surface area contributed by atoms with E-state index >= 15 is 0 Å². The van der Waals surface area contributed by atoms with E-state index in [0.29, 0.717) is 5.56 Å². The molecule has 0 bridgehead atoms. The molecule has 0 saturated heterocycles. The molecule has 1 aliphatic rings. The van der Waals surface area contributed by atoms with E-state index in [1.54, 1.807) is 12.1 Å². The Morgan fingerprint density at radius 1 is 1.16 bits per heavy atom. The monoisotopic (exact) mass is 261 g/mol. The van der Waals surface area contributed by atoms with Gasteiger partial charge in [0.2, 0.25) is 0 Å². The van der Waals surface area contributed by atoms with E-state index in [1.807, 2.05) is 18.2 Å². The number of benzene rings is 1. The van der Waals surface area contributed by atoms with Gasteiger partial charge in [0.05, 0.1) is 6.42 Å². The molecule has 0 aromatic heterocycles. The Balaban J connectivity index is 1.99. The normalized spacial score (nSPS) is 22.7. The van der Waals surface area contributed by atoms with Gasteiger partial charge in [0.15, 0.2) is 0 Å². The van der Waals surface area contributed by atoms with Gasteiger partial charge in [-0.2, -0.15) is 0 Å². The smallest absolute Gasteiger partial charge is 0.303 e. The lowest BCUT2D eigenvalue weighted by Gasteiger charge is -2.31. The number of carbonyl (C=O) groups excluding carboxylic acids is 1. The van der Waals surface area contributed by atoms with Crippen LogP contribution in [0.5, 0.6) is 0 Å². The highest BCUT2D eigenvalue weighted by atomic mass is 16.4. The second-order valence-electron chi connectivity index (χ2n) is 5.09. The molecule has 1 aromatic rings. The summed E-state index contributed by atoms with van der Waals surface area (Å²) in [7, 11) is 0. The predicted octanol–water partition coefficient (Wildman–Crippen LogP) is 2.45. The Hall–Kier alpha value is -1.84. The first-order valence-corrected chi connectivity index (χ1v) is 6.74. The number of hydrogen-bond donors (Lipinski definition) is 2. The summed E-state index contributed by atoms with van der Waals surface area (Å²) in [6.45, 7) is 0. The lowest BCUT2D eigenvalue weighted by Crippen LogP contribution is -2.42. The maximum Gasteiger partial charge on any atom is 0.303 e. The van der Waals surface area contributed by atoms with Crippen molar-refractivity contribution >= 4 is 11.9 Å². The average Bonchev–Trinajstić information content (AvgIpc) is 2.41. The van der Waals surface area contributed by atoms with Crippen molar-refractivity contribution in [2.24, 2.45) is 5.92 Å². The molecule has 4 nitrogen and oxygen atoms in total. The summed E-state index contributed by atoms with van der Waals surface area (Å²) in [5, 5.41) is 11.9. The molecule has 102 valence electrons. The van der Waals surface area contributed by atoms with Crippen LogP contribution in [-0.4, -0.2) is 23.0 Å². The first-order valence-electron chi connectivity index (χ1n) is 6.74. The molecule has 19 heavy (non-hydrogen) atoms. The van der Waals surface area contributed by atoms with Crippen molar-refractivity contribution in [3.05, 3.63) is 35.9 Å². The minimum absolute atomic E-state index is 0.0162. The lowest BCUT2D eigenvalue weighted by atomic mass is 9.82. The number of rotatable bonds is 4. The second kappa shape index (κ2) is 6.36. The number of hydrogen-bond acceptors (Lipinski definition) is 2. The van der Waals surface area contributed by atoms with Crippen LogP contribution in [0.3, 0.4) is 0 Å². The number of carbonyl (C=O) groups is 2. The molecular weight excluding hydrogens is 242 g/mol. The van der Waals surface area contributed by atoms with Crippen molar-refractivity contribution < 1.29 is 14.7 Å². The maximum absolute atomic E-state index is 12.1. The third kappa shape index (κ3) is 3.81. The summed E-state index contributed by atoms with van der Waals surface area (Å²) in [4.78, 5) is 22.9. The quantitative estimate of drug-likeness (QED) is 0.874. The number of aliphatic carboxylic acids is 1. The second-order valence-corrected chi connectivity index (χ2v) is 5.09. The van der Waals surface area contributed by atoms with Crippen molar-refractivity contribution in [2.75, 3.05) is 0 Å². The highest BCUT2D eigenvalue weighted by Gasteiger charge is 2.28. The standard InChI is InChI=1S/C15H19NO3/c17-14(18)10-12-8-4-5-9-13(12)16-15(19)11-6-2-1-3-7-11/h1-3,6-7,12-13H,4-5,8-10H2,(H,16,19)(H,17,18)/t12-,13-/m0/s1. The van der Waals surface area contributed by atoms with Crippen molar-refractivity contribution in [3.8, 4) is 0 Å². The molecule has 1 aromatic carbocycles. The Morgan fingerprint density at radius 2 is 1.84 bits per heavy atom. The summed E-state index contributed by atoms with van der Waals surface area (Å²) >= 11 is 0. The Kier molecular flexibility index (Phi) is 4.55. The molecular formula is C15H19NO3. The fourth-order valence-corrected chi connectivity index (χ4v) is 2.71. The minimum atomic E-state index is -0.786. The van der Waals surface area contributed by atoms with Crippen molar-refractivity contribution in [1.82, 2.24) is 5.32 Å². The highest BCUT2D eigenvalue weighted by molar-refractivity contribution is 5.94. The summed E-state index contributed by atoms with van der Waals surface area (Å²) in [6, 6.07) is 9.03. The molecule has 0 heterocycles. The summed E-state index contributed by atoms with van der Waals surface area (Å²) in [6.07, 6.45) is 3.99. The molecule has 2 N–H and O–H groups in total. The molecule has 2 rings (SSSR count). The van der Waals surface area contributed by atoms with Crippen molar-refractivity contribution in [1.29, 1.82) is 0 Å². The van der Waals surface area contributed by atoms with E-state index in [4.69, 9.17) is 5.11 Å². The number of amides is 1. The van der Waals surface area contributed by atoms with Crippen LogP contribution < -0.4 is 5.32 Å². The molecule has 2 atom stereocenters. The first kappa shape index (κ1) is 13.6. The molecule has 1 aliphatic carbocycles. The van der Waals surface area contributed by atoms with Crippen LogP contribution in [0.4, 0.5) is 0 Å². The maximum atomic E-state index is 12.1. The molecule has 1 amide bonds. The van der Waals surface area contributed by atoms with Crippen LogP contribution in [0.25, 0.3) is 0 Å². The molecule has 1 fully saturated rings. The van der Waals surface area contributed by atoms with Gasteiger partial charge in [-0.3, -0.25) is 9.59 Å². The molecule has 1 saturated carbocycles. The van der Waals surface area contributed by atoms with Crippen LogP contribution >= 0.6 is 0 Å². The van der Waals surface area contributed by atoms with E-state index in [9.17, 15) is 9.59 Å². The molecule has 0 spiro atoms. The Labute approximate surface area is 112 Å². The predicted molar refractivity (Wildman–Crippen MR) is 71.9 cm³/mol. The molecule has 0 aliphatic heterocycles. The zero-order valence-corrected chi connectivity index (χ0v) is 10.8. The third-order valence-electron chi connectivity index (χ3n) is 3.70. The summed E-state index contributed by atoms with van der Waals surface area (Å²) in [5.74, 6) is -0.840. The SMILES string of the molecule is O=C(O)C[C@@H]1CCCC[C@@H]1NC(=O)c1ccccc1. The molecule has 0 radical (unpaired) electrons. The van der Waals surface area contributed by atoms with E-state index < -0.39 is 5.97 Å². The van der Waals surface area contributed by atoms with Crippen molar-refractivity contribution in [2.45, 2.75) is 38.1 Å². The molecule has 4 heteroatoms. The third-order valence-corrected chi connectivity index (χ3v) is 3.70. The minimum Gasteiger partial charge on any atom is -0.481 e. The summed E-state index contributed by atoms with van der Waals surface area (Å²) in [5.41, 5.74) is 0.627. The van der Waals surface area contributed by atoms with Gasteiger partial charge < -0.3 is 10.4 Å². The number of carboxylic acids is 1. The highest BCUT2D eigenvalue weighted by Crippen LogP contribution is 2.27. The van der Waals surface area contributed by atoms with E-state index in [1.165, 1.54) is 0 Å². The molecule has 0 unspecified atom stereocenters. The van der Waals surface area contributed by atoms with Gasteiger partial charge in [-0.1, -0.05) is 31.0 Å². The van der Waals surface area contributed by atoms with E-state index in [0.717, 1.165) is 25.7 Å². The fourth-order valence-electron chi connectivity index (χ4n) is 2.71. The van der Waals surface area contributed by atoms with Gasteiger partial charge in [0.1, 0.15) is 0 Å². The number of carboxylic acid groups (broad SMARTS) is 1. The van der Waals surface area contributed by atoms with Gasteiger partial charge in [0.25, 0.3) is 5.91 Å². The average molecular weight is 261 g/mol. The van der Waals surface area contributed by atoms with Crippen LogP contribution in [0.1, 0.15) is 42.5 Å². The summed E-state index contributed by atoms with van der Waals surface area (Å²) < 4.78 is 0. The van der Waals surface area contributed by atoms with Crippen LogP contribution in [0.15, 0.2) is 30.3 Å². The van der Waals surface area contributed by atoms with Gasteiger partial charge >= 0.3 is 5.97 Å². The van der Waals surface area contributed by atoms with E-state index in [-0.39, 0.29) is 24.3 Å². The number of nitrogens with one attached hydrogen (secondary N) is 1. The van der Waals surface area contributed by atoms with Crippen LogP contribution in [-0.2, 0) is 4.79 Å².